The van der Waals surface area contributed by atoms with Gasteiger partial charge in [-0.05, 0) is 12.1 Å². The number of β-amino-alcohol motifs (C(OH)–C–C–N with tert-alkyl or cyclic N) is 1. The molecule has 2 aromatic carbocycles. The van der Waals surface area contributed by atoms with E-state index in [1.807, 2.05) is 24.3 Å². The molecule has 0 amide bonds. The second-order valence-electron chi connectivity index (χ2n) is 6.60. The number of aliphatic hydroxyl groups is 1. The van der Waals surface area contributed by atoms with Crippen LogP contribution < -0.4 is 9.64 Å². The number of ether oxygens (including phenoxy) is 1. The van der Waals surface area contributed by atoms with Crippen molar-refractivity contribution in [2.45, 2.75) is 6.10 Å². The van der Waals surface area contributed by atoms with E-state index in [-0.39, 0.29) is 37.5 Å². The molecule has 1 heterocycles. The molecule has 0 aromatic heterocycles. The van der Waals surface area contributed by atoms with E-state index in [0.717, 1.165) is 36.9 Å². The number of rotatable bonds is 6. The first kappa shape index (κ1) is 23.4. The number of aliphatic hydroxyl groups excluding tert-OH is 1. The van der Waals surface area contributed by atoms with Gasteiger partial charge in [0.05, 0.1) is 25.8 Å². The Kier molecular flexibility index (Phi) is 8.33. The van der Waals surface area contributed by atoms with Crippen LogP contribution in [0.1, 0.15) is 0 Å². The lowest BCUT2D eigenvalue weighted by molar-refractivity contribution is 0.0664. The normalized spacial score (nSPS) is 16.2. The monoisotopic (exact) mass is 516 g/mol. The van der Waals surface area contributed by atoms with Crippen molar-refractivity contribution in [1.82, 2.24) is 4.90 Å². The Balaban J connectivity index is 1.53. The molecule has 0 radical (unpaired) electrons. The summed E-state index contributed by atoms with van der Waals surface area (Å²) in [6, 6.07) is 7.78. The number of piperazine rings is 1. The highest BCUT2D eigenvalue weighted by Gasteiger charge is 2.23. The van der Waals surface area contributed by atoms with Crippen molar-refractivity contribution in [1.29, 1.82) is 0 Å². The summed E-state index contributed by atoms with van der Waals surface area (Å²) in [7, 11) is 0. The molecule has 29 heavy (non-hydrogen) atoms. The molecule has 0 spiro atoms. The van der Waals surface area contributed by atoms with E-state index in [4.69, 9.17) is 74.3 Å². The van der Waals surface area contributed by atoms with Crippen molar-refractivity contribution >= 4 is 75.3 Å². The molecule has 1 saturated heterocycles. The molecule has 10 heteroatoms. The second kappa shape index (κ2) is 10.3. The zero-order valence-electron chi connectivity index (χ0n) is 15.1. The summed E-state index contributed by atoms with van der Waals surface area (Å²) in [4.78, 5) is 4.39. The van der Waals surface area contributed by atoms with E-state index in [1.165, 1.54) is 0 Å². The Bertz CT molecular complexity index is 845. The van der Waals surface area contributed by atoms with E-state index in [0.29, 0.717) is 6.54 Å². The minimum absolute atomic E-state index is 0.0154. The molecule has 158 valence electrons. The summed E-state index contributed by atoms with van der Waals surface area (Å²) in [5.74, 6) is 0.107. The molecule has 2 aromatic rings. The first-order valence-electron chi connectivity index (χ1n) is 8.83. The molecule has 1 aliphatic rings. The standard InChI is InChI=1S/C19H18Cl6N2O2/c20-12-3-1-2-4-13(12)27-7-5-26(6-8-27)9-11(28)10-29-19-17(24)15(22)14(21)16(23)18(19)25/h1-4,11,28H,5-10H2/t11-/m1/s1. The van der Waals surface area contributed by atoms with Gasteiger partial charge in [-0.3, -0.25) is 4.90 Å². The van der Waals surface area contributed by atoms with Crippen LogP contribution in [0.2, 0.25) is 30.1 Å². The lowest BCUT2D eigenvalue weighted by Crippen LogP contribution is -2.49. The van der Waals surface area contributed by atoms with Gasteiger partial charge >= 0.3 is 0 Å². The third kappa shape index (κ3) is 5.50. The van der Waals surface area contributed by atoms with Crippen LogP contribution in [0.3, 0.4) is 0 Å². The Morgan fingerprint density at radius 3 is 1.97 bits per heavy atom. The van der Waals surface area contributed by atoms with Crippen molar-refractivity contribution in [3.63, 3.8) is 0 Å². The molecule has 1 fully saturated rings. The van der Waals surface area contributed by atoms with E-state index in [1.54, 1.807) is 0 Å². The van der Waals surface area contributed by atoms with Crippen LogP contribution in [0.4, 0.5) is 5.69 Å². The van der Waals surface area contributed by atoms with Gasteiger partial charge in [0.2, 0.25) is 0 Å². The van der Waals surface area contributed by atoms with E-state index >= 15 is 0 Å². The minimum Gasteiger partial charge on any atom is -0.488 e. The zero-order chi connectivity index (χ0) is 21.1. The molecule has 0 unspecified atom stereocenters. The van der Waals surface area contributed by atoms with Gasteiger partial charge < -0.3 is 14.7 Å². The molecular weight excluding hydrogens is 501 g/mol. The van der Waals surface area contributed by atoms with Gasteiger partial charge in [0.15, 0.2) is 5.75 Å². The third-order valence-corrected chi connectivity index (χ3v) is 7.19. The molecule has 0 bridgehead atoms. The van der Waals surface area contributed by atoms with Crippen molar-refractivity contribution in [3.05, 3.63) is 54.4 Å². The van der Waals surface area contributed by atoms with Gasteiger partial charge in [-0.2, -0.15) is 0 Å². The number of halogens is 6. The van der Waals surface area contributed by atoms with Gasteiger partial charge in [0, 0.05) is 32.7 Å². The first-order chi connectivity index (χ1) is 13.8. The fourth-order valence-electron chi connectivity index (χ4n) is 3.12. The average molecular weight is 519 g/mol. The topological polar surface area (TPSA) is 35.9 Å². The Morgan fingerprint density at radius 2 is 1.38 bits per heavy atom. The largest absolute Gasteiger partial charge is 0.488 e. The molecule has 1 N–H and O–H groups in total. The first-order valence-corrected chi connectivity index (χ1v) is 11.1. The third-order valence-electron chi connectivity index (χ3n) is 4.62. The maximum absolute atomic E-state index is 10.4. The maximum atomic E-state index is 10.4. The fourth-order valence-corrected chi connectivity index (χ4v) is 4.61. The quantitative estimate of drug-likeness (QED) is 0.366. The number of hydrogen-bond donors (Lipinski definition) is 1. The number of hydrogen-bond acceptors (Lipinski definition) is 4. The van der Waals surface area contributed by atoms with Gasteiger partial charge in [0.1, 0.15) is 22.8 Å². The van der Waals surface area contributed by atoms with Crippen molar-refractivity contribution < 1.29 is 9.84 Å². The SMILES string of the molecule is O[C@@H](COc1c(Cl)c(Cl)c(Cl)c(Cl)c1Cl)CN1CCN(c2ccccc2Cl)CC1. The van der Waals surface area contributed by atoms with E-state index < -0.39 is 6.10 Å². The predicted molar refractivity (Wildman–Crippen MR) is 123 cm³/mol. The summed E-state index contributed by atoms with van der Waals surface area (Å²) < 4.78 is 5.60. The fraction of sp³-hybridized carbons (Fsp3) is 0.368. The second-order valence-corrected chi connectivity index (χ2v) is 8.90. The highest BCUT2D eigenvalue weighted by molar-refractivity contribution is 6.55. The van der Waals surface area contributed by atoms with Crippen LogP contribution >= 0.6 is 69.6 Å². The van der Waals surface area contributed by atoms with Crippen LogP contribution in [-0.2, 0) is 0 Å². The Labute approximate surface area is 199 Å². The summed E-state index contributed by atoms with van der Waals surface area (Å²) in [6.07, 6.45) is -0.748. The number of nitrogens with zero attached hydrogens (tertiary/aromatic N) is 2. The minimum atomic E-state index is -0.748. The van der Waals surface area contributed by atoms with Crippen LogP contribution in [-0.4, -0.2) is 55.4 Å². The molecular formula is C19H18Cl6N2O2. The van der Waals surface area contributed by atoms with Crippen molar-refractivity contribution in [3.8, 4) is 5.75 Å². The Morgan fingerprint density at radius 1 is 0.828 bits per heavy atom. The molecule has 1 atom stereocenters. The van der Waals surface area contributed by atoms with E-state index in [9.17, 15) is 5.11 Å². The molecule has 0 saturated carbocycles. The lowest BCUT2D eigenvalue weighted by atomic mass is 10.2. The molecule has 0 aliphatic carbocycles. The summed E-state index contributed by atoms with van der Waals surface area (Å²) in [5.41, 5.74) is 1.03. The van der Waals surface area contributed by atoms with Crippen molar-refractivity contribution in [2.75, 3.05) is 44.2 Å². The average Bonchev–Trinajstić information content (AvgIpc) is 2.72. The van der Waals surface area contributed by atoms with E-state index in [2.05, 4.69) is 9.80 Å². The molecule has 4 nitrogen and oxygen atoms in total. The molecule has 3 rings (SSSR count). The van der Waals surface area contributed by atoms with Crippen LogP contribution in [0.5, 0.6) is 5.75 Å². The van der Waals surface area contributed by atoms with Gasteiger partial charge in [-0.1, -0.05) is 81.7 Å². The van der Waals surface area contributed by atoms with Crippen LogP contribution in [0, 0.1) is 0 Å². The maximum Gasteiger partial charge on any atom is 0.159 e. The summed E-state index contributed by atoms with van der Waals surface area (Å²) >= 11 is 36.6. The Hall–Kier alpha value is -0.300. The zero-order valence-corrected chi connectivity index (χ0v) is 19.7. The van der Waals surface area contributed by atoms with Gasteiger partial charge in [-0.25, -0.2) is 0 Å². The highest BCUT2D eigenvalue weighted by atomic mass is 35.5. The van der Waals surface area contributed by atoms with Crippen LogP contribution in [0.15, 0.2) is 24.3 Å². The summed E-state index contributed by atoms with van der Waals surface area (Å²) in [5, 5.41) is 11.4. The summed E-state index contributed by atoms with van der Waals surface area (Å²) in [6.45, 7) is 3.65. The number of para-hydroxylation sites is 1. The predicted octanol–water partition coefficient (Wildman–Crippen LogP) is 6.17. The van der Waals surface area contributed by atoms with Gasteiger partial charge in [-0.15, -0.1) is 0 Å². The highest BCUT2D eigenvalue weighted by Crippen LogP contribution is 2.48. The van der Waals surface area contributed by atoms with Crippen molar-refractivity contribution in [2.24, 2.45) is 0 Å². The van der Waals surface area contributed by atoms with Crippen LogP contribution in [0.25, 0.3) is 0 Å². The number of benzene rings is 2. The molecule has 1 aliphatic heterocycles. The van der Waals surface area contributed by atoms with Gasteiger partial charge in [0.25, 0.3) is 0 Å². The lowest BCUT2D eigenvalue weighted by Gasteiger charge is -2.37. The number of anilines is 1. The smallest absolute Gasteiger partial charge is 0.159 e.